The Morgan fingerprint density at radius 2 is 2.30 bits per heavy atom. The predicted octanol–water partition coefficient (Wildman–Crippen LogP) is 1.30. The van der Waals surface area contributed by atoms with Crippen molar-refractivity contribution in [3.63, 3.8) is 0 Å². The van der Waals surface area contributed by atoms with Crippen molar-refractivity contribution >= 4 is 17.8 Å². The van der Waals surface area contributed by atoms with Crippen LogP contribution in [0.2, 0.25) is 0 Å². The Labute approximate surface area is 132 Å². The number of fused-ring (bicyclic) bond motifs is 1. The number of nitrogens with zero attached hydrogens (tertiary/aromatic N) is 4. The van der Waals surface area contributed by atoms with E-state index in [1.54, 1.807) is 32.3 Å². The van der Waals surface area contributed by atoms with E-state index in [4.69, 9.17) is 5.26 Å². The Balaban J connectivity index is 1.90. The van der Waals surface area contributed by atoms with Crippen molar-refractivity contribution in [2.45, 2.75) is 25.8 Å². The summed E-state index contributed by atoms with van der Waals surface area (Å²) in [5.41, 5.74) is 1.30. The summed E-state index contributed by atoms with van der Waals surface area (Å²) in [4.78, 5) is 27.8. The van der Waals surface area contributed by atoms with Crippen LogP contribution in [0.1, 0.15) is 19.4 Å². The SMILES string of the molecule is CC(C)(C#N)NC(=O)n1cc(-c2ccnc3c2CC(=O)N3)cn1. The number of pyridine rings is 1. The second kappa shape index (κ2) is 5.21. The molecule has 0 saturated heterocycles. The number of rotatable bonds is 2. The standard InChI is InChI=1S/C15H14N6O2/c1-15(2,8-16)20-14(23)21-7-9(6-18-21)10-3-4-17-13-11(10)5-12(22)19-13/h3-4,6-7H,5H2,1-2H3,(H,20,23)(H,17,19,22). The lowest BCUT2D eigenvalue weighted by Gasteiger charge is -2.16. The topological polar surface area (TPSA) is 113 Å². The first-order valence-electron chi connectivity index (χ1n) is 6.96. The number of anilines is 1. The molecule has 3 rings (SSSR count). The van der Waals surface area contributed by atoms with Crippen molar-refractivity contribution < 1.29 is 9.59 Å². The molecule has 0 bridgehead atoms. The number of amides is 2. The molecule has 116 valence electrons. The van der Waals surface area contributed by atoms with E-state index in [1.807, 2.05) is 6.07 Å². The van der Waals surface area contributed by atoms with Crippen molar-refractivity contribution in [2.75, 3.05) is 5.32 Å². The van der Waals surface area contributed by atoms with Gasteiger partial charge in [0.05, 0.1) is 18.7 Å². The maximum Gasteiger partial charge on any atom is 0.343 e. The Morgan fingerprint density at radius 1 is 1.52 bits per heavy atom. The third-order valence-corrected chi connectivity index (χ3v) is 3.45. The van der Waals surface area contributed by atoms with Crippen molar-refractivity contribution in [1.82, 2.24) is 20.1 Å². The number of hydrogen-bond donors (Lipinski definition) is 2. The molecule has 0 fully saturated rings. The van der Waals surface area contributed by atoms with Gasteiger partial charge >= 0.3 is 6.03 Å². The van der Waals surface area contributed by atoms with Crippen molar-refractivity contribution in [1.29, 1.82) is 5.26 Å². The average molecular weight is 310 g/mol. The first-order chi connectivity index (χ1) is 10.9. The highest BCUT2D eigenvalue weighted by Gasteiger charge is 2.24. The largest absolute Gasteiger partial charge is 0.343 e. The fourth-order valence-electron chi connectivity index (χ4n) is 2.31. The lowest BCUT2D eigenvalue weighted by atomic mass is 10.0. The second-order valence-electron chi connectivity index (χ2n) is 5.75. The average Bonchev–Trinajstić information content (AvgIpc) is 3.11. The highest BCUT2D eigenvalue weighted by molar-refractivity contribution is 6.00. The molecular weight excluding hydrogens is 296 g/mol. The third kappa shape index (κ3) is 2.76. The minimum absolute atomic E-state index is 0.110. The van der Waals surface area contributed by atoms with Crippen LogP contribution in [0.3, 0.4) is 0 Å². The van der Waals surface area contributed by atoms with E-state index in [-0.39, 0.29) is 12.3 Å². The summed E-state index contributed by atoms with van der Waals surface area (Å²) in [6, 6.07) is 3.27. The molecule has 1 aliphatic heterocycles. The van der Waals surface area contributed by atoms with Gasteiger partial charge in [-0.05, 0) is 25.5 Å². The first-order valence-corrected chi connectivity index (χ1v) is 6.96. The van der Waals surface area contributed by atoms with E-state index in [0.717, 1.165) is 15.8 Å². The molecule has 0 aliphatic carbocycles. The van der Waals surface area contributed by atoms with Gasteiger partial charge in [0.25, 0.3) is 0 Å². The van der Waals surface area contributed by atoms with Gasteiger partial charge in [-0.25, -0.2) is 9.78 Å². The molecule has 0 spiro atoms. The fourth-order valence-corrected chi connectivity index (χ4v) is 2.31. The Kier molecular flexibility index (Phi) is 3.33. The molecule has 2 amide bonds. The molecule has 23 heavy (non-hydrogen) atoms. The summed E-state index contributed by atoms with van der Waals surface area (Å²) in [6.45, 7) is 3.20. The van der Waals surface area contributed by atoms with Crippen molar-refractivity contribution in [2.24, 2.45) is 0 Å². The summed E-state index contributed by atoms with van der Waals surface area (Å²) in [5, 5.41) is 18.2. The smallest absolute Gasteiger partial charge is 0.318 e. The molecule has 0 aromatic carbocycles. The number of carbonyl (C=O) groups is 2. The molecule has 8 heteroatoms. The van der Waals surface area contributed by atoms with Gasteiger partial charge in [0.15, 0.2) is 0 Å². The van der Waals surface area contributed by atoms with Gasteiger partial charge in [0.2, 0.25) is 5.91 Å². The minimum atomic E-state index is -0.989. The van der Waals surface area contributed by atoms with E-state index in [0.29, 0.717) is 11.4 Å². The molecule has 2 aromatic heterocycles. The van der Waals surface area contributed by atoms with Crippen molar-refractivity contribution in [3.05, 3.63) is 30.2 Å². The van der Waals surface area contributed by atoms with Crippen LogP contribution in [0, 0.1) is 11.3 Å². The quantitative estimate of drug-likeness (QED) is 0.868. The summed E-state index contributed by atoms with van der Waals surface area (Å²) < 4.78 is 1.13. The molecule has 8 nitrogen and oxygen atoms in total. The lowest BCUT2D eigenvalue weighted by Crippen LogP contribution is -2.44. The molecule has 3 heterocycles. The second-order valence-corrected chi connectivity index (χ2v) is 5.75. The van der Waals surface area contributed by atoms with Gasteiger partial charge in [0.1, 0.15) is 11.4 Å². The highest BCUT2D eigenvalue weighted by Crippen LogP contribution is 2.31. The van der Waals surface area contributed by atoms with E-state index in [1.165, 1.54) is 6.20 Å². The monoisotopic (exact) mass is 310 g/mol. The maximum atomic E-state index is 12.1. The number of nitriles is 1. The molecule has 0 unspecified atom stereocenters. The Morgan fingerprint density at radius 3 is 3.04 bits per heavy atom. The number of carbonyl (C=O) groups excluding carboxylic acids is 2. The fraction of sp³-hybridized carbons (Fsp3) is 0.267. The molecule has 2 aromatic rings. The van der Waals surface area contributed by atoms with Gasteiger partial charge < -0.3 is 10.6 Å². The predicted molar refractivity (Wildman–Crippen MR) is 81.4 cm³/mol. The Bertz CT molecular complexity index is 846. The molecule has 0 radical (unpaired) electrons. The molecule has 0 saturated carbocycles. The number of nitrogens with one attached hydrogen (secondary N) is 2. The molecule has 0 atom stereocenters. The van der Waals surface area contributed by atoms with Crippen LogP contribution in [0.25, 0.3) is 11.1 Å². The van der Waals surface area contributed by atoms with Crippen LogP contribution in [-0.4, -0.2) is 32.2 Å². The van der Waals surface area contributed by atoms with Crippen LogP contribution in [0.15, 0.2) is 24.7 Å². The van der Waals surface area contributed by atoms with E-state index in [2.05, 4.69) is 20.7 Å². The van der Waals surface area contributed by atoms with Gasteiger partial charge in [-0.3, -0.25) is 4.79 Å². The summed E-state index contributed by atoms with van der Waals surface area (Å²) >= 11 is 0. The van der Waals surface area contributed by atoms with Gasteiger partial charge in [-0.1, -0.05) is 0 Å². The lowest BCUT2D eigenvalue weighted by molar-refractivity contribution is -0.115. The number of aromatic nitrogens is 3. The first kappa shape index (κ1) is 14.7. The van der Waals surface area contributed by atoms with Gasteiger partial charge in [0, 0.05) is 23.5 Å². The normalized spacial score (nSPS) is 13.2. The number of hydrogen-bond acceptors (Lipinski definition) is 5. The highest BCUT2D eigenvalue weighted by atomic mass is 16.2. The molecular formula is C15H14N6O2. The van der Waals surface area contributed by atoms with Crippen LogP contribution in [0.5, 0.6) is 0 Å². The summed E-state index contributed by atoms with van der Waals surface area (Å²) in [7, 11) is 0. The van der Waals surface area contributed by atoms with Gasteiger partial charge in [-0.15, -0.1) is 0 Å². The van der Waals surface area contributed by atoms with E-state index < -0.39 is 11.6 Å². The van der Waals surface area contributed by atoms with E-state index in [9.17, 15) is 9.59 Å². The molecule has 1 aliphatic rings. The van der Waals surface area contributed by atoms with Crippen LogP contribution in [-0.2, 0) is 11.2 Å². The van der Waals surface area contributed by atoms with Crippen LogP contribution in [0.4, 0.5) is 10.6 Å². The zero-order valence-electron chi connectivity index (χ0n) is 12.6. The zero-order valence-corrected chi connectivity index (χ0v) is 12.6. The Hall–Kier alpha value is -3.21. The minimum Gasteiger partial charge on any atom is -0.318 e. The molecule has 2 N–H and O–H groups in total. The third-order valence-electron chi connectivity index (χ3n) is 3.45. The van der Waals surface area contributed by atoms with Crippen LogP contribution < -0.4 is 10.6 Å². The van der Waals surface area contributed by atoms with Crippen LogP contribution >= 0.6 is 0 Å². The maximum absolute atomic E-state index is 12.1. The summed E-state index contributed by atoms with van der Waals surface area (Å²) in [5.74, 6) is 0.427. The van der Waals surface area contributed by atoms with E-state index >= 15 is 0 Å². The van der Waals surface area contributed by atoms with Crippen molar-refractivity contribution in [3.8, 4) is 17.2 Å². The summed E-state index contributed by atoms with van der Waals surface area (Å²) in [6.07, 6.45) is 4.94. The van der Waals surface area contributed by atoms with Gasteiger partial charge in [-0.2, -0.15) is 15.0 Å². The zero-order chi connectivity index (χ0) is 16.6.